The number of hydrogen-bond donors (Lipinski definition) is 2. The Morgan fingerprint density at radius 1 is 0.568 bits per heavy atom. The van der Waals surface area contributed by atoms with E-state index in [1.807, 2.05) is 48.5 Å². The molecule has 8 heteroatoms. The van der Waals surface area contributed by atoms with Crippen LogP contribution in [0.2, 0.25) is 0 Å². The van der Waals surface area contributed by atoms with Crippen LogP contribution in [0.25, 0.3) is 0 Å². The summed E-state index contributed by atoms with van der Waals surface area (Å²) >= 11 is 0. The van der Waals surface area contributed by atoms with Gasteiger partial charge in [-0.25, -0.2) is 0 Å². The van der Waals surface area contributed by atoms with Crippen LogP contribution in [0.4, 0.5) is 11.4 Å². The summed E-state index contributed by atoms with van der Waals surface area (Å²) in [6.45, 7) is 0.326. The monoisotopic (exact) mass is 494 g/mol. The molecule has 0 saturated carbocycles. The molecular formula is C29H22N2O6. The van der Waals surface area contributed by atoms with Crippen LogP contribution in [0.1, 0.15) is 31.8 Å². The summed E-state index contributed by atoms with van der Waals surface area (Å²) in [5.41, 5.74) is 4.49. The zero-order chi connectivity index (χ0) is 25.2. The minimum absolute atomic E-state index is 0.162. The second-order valence-corrected chi connectivity index (χ2v) is 8.62. The molecule has 2 aliphatic rings. The van der Waals surface area contributed by atoms with E-state index >= 15 is 0 Å². The molecule has 0 radical (unpaired) electrons. The summed E-state index contributed by atoms with van der Waals surface area (Å²) in [7, 11) is 0. The maximum Gasteiger partial charge on any atom is 0.255 e. The molecule has 4 aromatic rings. The van der Waals surface area contributed by atoms with E-state index < -0.39 is 0 Å². The van der Waals surface area contributed by atoms with Crippen molar-refractivity contribution < 1.29 is 28.5 Å². The lowest BCUT2D eigenvalue weighted by Crippen LogP contribution is -2.12. The highest BCUT2D eigenvalue weighted by Crippen LogP contribution is 2.33. The predicted molar refractivity (Wildman–Crippen MR) is 137 cm³/mol. The highest BCUT2D eigenvalue weighted by molar-refractivity contribution is 6.05. The molecule has 4 aromatic carbocycles. The number of benzene rings is 4. The van der Waals surface area contributed by atoms with Gasteiger partial charge in [-0.3, -0.25) is 9.59 Å². The third kappa shape index (κ3) is 4.90. The van der Waals surface area contributed by atoms with Crippen LogP contribution in [-0.4, -0.2) is 25.4 Å². The molecule has 2 heterocycles. The molecule has 0 atom stereocenters. The molecule has 184 valence electrons. The largest absolute Gasteiger partial charge is 0.454 e. The van der Waals surface area contributed by atoms with E-state index in [0.717, 1.165) is 11.1 Å². The standard InChI is InChI=1S/C29H22N2O6/c32-28(20-6-10-24-26(14-20)36-16-34-24)30-22-8-4-18(5-9-22)12-19-2-1-3-23(13-19)31-29(33)21-7-11-25-27(15-21)37-17-35-25/h1-11,13-15H,12,16-17H2,(H,30,32)(H,31,33). The van der Waals surface area contributed by atoms with E-state index in [1.54, 1.807) is 36.4 Å². The van der Waals surface area contributed by atoms with Crippen molar-refractivity contribution in [2.75, 3.05) is 24.2 Å². The number of amides is 2. The molecular weight excluding hydrogens is 472 g/mol. The summed E-state index contributed by atoms with van der Waals surface area (Å²) in [4.78, 5) is 25.3. The summed E-state index contributed by atoms with van der Waals surface area (Å²) < 4.78 is 21.3. The van der Waals surface area contributed by atoms with Gasteiger partial charge in [-0.2, -0.15) is 0 Å². The van der Waals surface area contributed by atoms with Crippen molar-refractivity contribution in [3.05, 3.63) is 107 Å². The van der Waals surface area contributed by atoms with Crippen LogP contribution in [-0.2, 0) is 6.42 Å². The van der Waals surface area contributed by atoms with Gasteiger partial charge in [0.05, 0.1) is 0 Å². The van der Waals surface area contributed by atoms with Crippen molar-refractivity contribution in [3.8, 4) is 23.0 Å². The van der Waals surface area contributed by atoms with E-state index in [-0.39, 0.29) is 25.4 Å². The van der Waals surface area contributed by atoms with Gasteiger partial charge >= 0.3 is 0 Å². The Labute approximate surface area is 212 Å². The molecule has 0 aromatic heterocycles. The maximum absolute atomic E-state index is 12.7. The molecule has 2 N–H and O–H groups in total. The molecule has 0 saturated heterocycles. The topological polar surface area (TPSA) is 95.1 Å². The summed E-state index contributed by atoms with van der Waals surface area (Å²) in [5, 5.41) is 5.84. The third-order valence-corrected chi connectivity index (χ3v) is 6.07. The first-order chi connectivity index (χ1) is 18.1. The van der Waals surface area contributed by atoms with Gasteiger partial charge in [0.15, 0.2) is 23.0 Å². The molecule has 2 amide bonds. The molecule has 37 heavy (non-hydrogen) atoms. The van der Waals surface area contributed by atoms with E-state index in [9.17, 15) is 9.59 Å². The number of hydrogen-bond acceptors (Lipinski definition) is 6. The fourth-order valence-corrected chi connectivity index (χ4v) is 4.18. The van der Waals surface area contributed by atoms with Crippen LogP contribution in [0, 0.1) is 0 Å². The SMILES string of the molecule is O=C(Nc1ccc(Cc2cccc(NC(=O)c3ccc4c(c3)OCO4)c2)cc1)c1ccc2c(c1)OCO2. The number of anilines is 2. The lowest BCUT2D eigenvalue weighted by molar-refractivity contribution is 0.101. The third-order valence-electron chi connectivity index (χ3n) is 6.07. The van der Waals surface area contributed by atoms with Gasteiger partial charge in [-0.05, 0) is 78.2 Å². The maximum atomic E-state index is 12.7. The fourth-order valence-electron chi connectivity index (χ4n) is 4.18. The van der Waals surface area contributed by atoms with E-state index in [0.29, 0.717) is 51.9 Å². The first-order valence-corrected chi connectivity index (χ1v) is 11.7. The molecule has 0 bridgehead atoms. The predicted octanol–water partition coefficient (Wildman–Crippen LogP) is 5.24. The molecule has 0 fully saturated rings. The Bertz CT molecular complexity index is 1500. The van der Waals surface area contributed by atoms with Crippen molar-refractivity contribution in [1.29, 1.82) is 0 Å². The highest BCUT2D eigenvalue weighted by Gasteiger charge is 2.17. The molecule has 8 nitrogen and oxygen atoms in total. The van der Waals surface area contributed by atoms with Crippen molar-refractivity contribution in [3.63, 3.8) is 0 Å². The van der Waals surface area contributed by atoms with Gasteiger partial charge in [-0.15, -0.1) is 0 Å². The zero-order valence-corrected chi connectivity index (χ0v) is 19.7. The Balaban J connectivity index is 1.08. The minimum Gasteiger partial charge on any atom is -0.454 e. The molecule has 0 aliphatic carbocycles. The van der Waals surface area contributed by atoms with Crippen LogP contribution < -0.4 is 29.6 Å². The summed E-state index contributed by atoms with van der Waals surface area (Å²) in [6.07, 6.45) is 0.671. The van der Waals surface area contributed by atoms with Gasteiger partial charge in [0.1, 0.15) is 0 Å². The fraction of sp³-hybridized carbons (Fsp3) is 0.103. The number of nitrogens with one attached hydrogen (secondary N) is 2. The number of rotatable bonds is 6. The van der Waals surface area contributed by atoms with Gasteiger partial charge in [0.2, 0.25) is 13.6 Å². The van der Waals surface area contributed by atoms with Gasteiger partial charge in [-0.1, -0.05) is 24.3 Å². The lowest BCUT2D eigenvalue weighted by atomic mass is 10.0. The Morgan fingerprint density at radius 3 is 1.76 bits per heavy atom. The van der Waals surface area contributed by atoms with Crippen molar-refractivity contribution in [1.82, 2.24) is 0 Å². The Kier molecular flexibility index (Phi) is 5.82. The first-order valence-electron chi connectivity index (χ1n) is 11.7. The van der Waals surface area contributed by atoms with Crippen molar-refractivity contribution in [2.45, 2.75) is 6.42 Å². The average molecular weight is 495 g/mol. The molecule has 0 spiro atoms. The first kappa shape index (κ1) is 22.5. The molecule has 6 rings (SSSR count). The van der Waals surface area contributed by atoms with Crippen molar-refractivity contribution in [2.24, 2.45) is 0 Å². The van der Waals surface area contributed by atoms with Gasteiger partial charge in [0.25, 0.3) is 11.8 Å². The second kappa shape index (κ2) is 9.58. The molecule has 2 aliphatic heterocycles. The van der Waals surface area contributed by atoms with Crippen LogP contribution in [0.5, 0.6) is 23.0 Å². The van der Waals surface area contributed by atoms with Crippen LogP contribution >= 0.6 is 0 Å². The van der Waals surface area contributed by atoms with E-state index in [1.165, 1.54) is 0 Å². The lowest BCUT2D eigenvalue weighted by Gasteiger charge is -2.10. The number of carbonyl (C=O) groups excluding carboxylic acids is 2. The van der Waals surface area contributed by atoms with Crippen LogP contribution in [0.15, 0.2) is 84.9 Å². The Hall–Kier alpha value is -4.98. The summed E-state index contributed by atoms with van der Waals surface area (Å²) in [6, 6.07) is 25.6. The van der Waals surface area contributed by atoms with E-state index in [2.05, 4.69) is 10.6 Å². The van der Waals surface area contributed by atoms with E-state index in [4.69, 9.17) is 18.9 Å². The zero-order valence-electron chi connectivity index (χ0n) is 19.7. The van der Waals surface area contributed by atoms with Crippen molar-refractivity contribution >= 4 is 23.2 Å². The number of carbonyl (C=O) groups is 2. The average Bonchev–Trinajstić information content (AvgIpc) is 3.58. The number of ether oxygens (including phenoxy) is 4. The summed E-state index contributed by atoms with van der Waals surface area (Å²) in [5.74, 6) is 1.96. The number of fused-ring (bicyclic) bond motifs is 2. The smallest absolute Gasteiger partial charge is 0.255 e. The van der Waals surface area contributed by atoms with Gasteiger partial charge in [0, 0.05) is 22.5 Å². The highest BCUT2D eigenvalue weighted by atomic mass is 16.7. The minimum atomic E-state index is -0.225. The molecule has 0 unspecified atom stereocenters. The normalized spacial score (nSPS) is 12.8. The van der Waals surface area contributed by atoms with Crippen LogP contribution in [0.3, 0.4) is 0 Å². The van der Waals surface area contributed by atoms with Gasteiger partial charge < -0.3 is 29.6 Å². The second-order valence-electron chi connectivity index (χ2n) is 8.62. The Morgan fingerprint density at radius 2 is 1.14 bits per heavy atom. The quantitative estimate of drug-likeness (QED) is 0.381.